The van der Waals surface area contributed by atoms with Crippen molar-refractivity contribution < 1.29 is 14.4 Å². The summed E-state index contributed by atoms with van der Waals surface area (Å²) in [4.78, 5) is 42.8. The zero-order chi connectivity index (χ0) is 21.9. The number of carbonyl (C=O) groups is 3. The number of nitrogens with zero attached hydrogens (tertiary/aromatic N) is 2. The summed E-state index contributed by atoms with van der Waals surface area (Å²) in [6.07, 6.45) is 3.58. The van der Waals surface area contributed by atoms with E-state index >= 15 is 0 Å². The van der Waals surface area contributed by atoms with Gasteiger partial charge in [0.2, 0.25) is 11.8 Å². The minimum absolute atomic E-state index is 0.00334. The summed E-state index contributed by atoms with van der Waals surface area (Å²) in [5.74, 6) is -0.403. The predicted octanol–water partition coefficient (Wildman–Crippen LogP) is -0.455. The number of nitrogens with two attached hydrogens (primary N) is 2. The molecule has 2 rings (SSSR count). The van der Waals surface area contributed by atoms with Crippen LogP contribution >= 0.6 is 0 Å². The van der Waals surface area contributed by atoms with E-state index in [4.69, 9.17) is 11.5 Å². The molecule has 1 aliphatic heterocycles. The summed E-state index contributed by atoms with van der Waals surface area (Å²) in [7, 11) is 1.75. The number of aliphatic imine (C=N–C) groups is 1. The largest absolute Gasteiger partial charge is 0.370 e. The van der Waals surface area contributed by atoms with Gasteiger partial charge in [-0.2, -0.15) is 0 Å². The van der Waals surface area contributed by atoms with Crippen molar-refractivity contribution in [2.24, 2.45) is 16.5 Å². The van der Waals surface area contributed by atoms with Crippen molar-refractivity contribution in [3.05, 3.63) is 35.9 Å². The molecule has 0 spiro atoms. The van der Waals surface area contributed by atoms with E-state index in [-0.39, 0.29) is 17.8 Å². The Bertz CT molecular complexity index is 736. The highest BCUT2D eigenvalue weighted by atomic mass is 16.2. The molecular weight excluding hydrogens is 384 g/mol. The van der Waals surface area contributed by atoms with Gasteiger partial charge in [0.15, 0.2) is 5.96 Å². The van der Waals surface area contributed by atoms with Gasteiger partial charge in [0.05, 0.1) is 12.1 Å². The Morgan fingerprint density at radius 2 is 2.03 bits per heavy atom. The Morgan fingerprint density at radius 1 is 1.30 bits per heavy atom. The molecule has 2 unspecified atom stereocenters. The highest BCUT2D eigenvalue weighted by Gasteiger charge is 2.37. The van der Waals surface area contributed by atoms with Gasteiger partial charge < -0.3 is 31.8 Å². The van der Waals surface area contributed by atoms with E-state index in [1.165, 1.54) is 0 Å². The Balaban J connectivity index is 1.95. The monoisotopic (exact) mass is 416 g/mol. The molecule has 2 amide bonds. The van der Waals surface area contributed by atoms with Gasteiger partial charge in [-0.1, -0.05) is 30.3 Å². The van der Waals surface area contributed by atoms with Gasteiger partial charge in [0, 0.05) is 13.1 Å². The summed E-state index contributed by atoms with van der Waals surface area (Å²) in [6.45, 7) is 0.917. The first kappa shape index (κ1) is 23.3. The van der Waals surface area contributed by atoms with Crippen LogP contribution in [0.25, 0.3) is 0 Å². The van der Waals surface area contributed by atoms with Crippen LogP contribution in [0.4, 0.5) is 0 Å². The van der Waals surface area contributed by atoms with Crippen molar-refractivity contribution >= 4 is 24.1 Å². The zero-order valence-electron chi connectivity index (χ0n) is 17.4. The number of amides is 2. The molecule has 0 aliphatic carbocycles. The van der Waals surface area contributed by atoms with E-state index in [1.807, 2.05) is 30.3 Å². The molecule has 30 heavy (non-hydrogen) atoms. The quantitative estimate of drug-likeness (QED) is 0.166. The minimum atomic E-state index is -0.631. The van der Waals surface area contributed by atoms with Gasteiger partial charge in [-0.05, 0) is 44.7 Å². The lowest BCUT2D eigenvalue weighted by Crippen LogP contribution is -2.54. The molecule has 0 bridgehead atoms. The van der Waals surface area contributed by atoms with E-state index in [0.29, 0.717) is 45.1 Å². The number of hydrogen-bond acceptors (Lipinski definition) is 5. The first-order valence-electron chi connectivity index (χ1n) is 10.3. The predicted molar refractivity (Wildman–Crippen MR) is 116 cm³/mol. The Morgan fingerprint density at radius 3 is 2.67 bits per heavy atom. The van der Waals surface area contributed by atoms with Crippen molar-refractivity contribution in [3.8, 4) is 0 Å². The first-order chi connectivity index (χ1) is 14.5. The van der Waals surface area contributed by atoms with Crippen LogP contribution < -0.4 is 22.1 Å². The molecule has 1 fully saturated rings. The molecule has 9 heteroatoms. The summed E-state index contributed by atoms with van der Waals surface area (Å²) in [5.41, 5.74) is 11.6. The summed E-state index contributed by atoms with van der Waals surface area (Å²) in [5, 5.41) is 5.83. The van der Waals surface area contributed by atoms with Crippen LogP contribution in [0.15, 0.2) is 35.3 Å². The molecular formula is C21H32N6O3. The second-order valence-corrected chi connectivity index (χ2v) is 7.42. The summed E-state index contributed by atoms with van der Waals surface area (Å²) in [6, 6.07) is 8.14. The Hall–Kier alpha value is -2.94. The number of likely N-dealkylation sites (N-methyl/N-ethyl adjacent to an activating group) is 1. The van der Waals surface area contributed by atoms with Crippen LogP contribution in [0.2, 0.25) is 0 Å². The number of hydrogen-bond donors (Lipinski definition) is 4. The van der Waals surface area contributed by atoms with Crippen LogP contribution in [-0.2, 0) is 20.8 Å². The molecule has 0 aromatic heterocycles. The third-order valence-corrected chi connectivity index (χ3v) is 5.23. The third kappa shape index (κ3) is 6.84. The molecule has 1 aliphatic rings. The van der Waals surface area contributed by atoms with Crippen molar-refractivity contribution in [2.75, 3.05) is 20.1 Å². The van der Waals surface area contributed by atoms with E-state index in [0.717, 1.165) is 12.0 Å². The van der Waals surface area contributed by atoms with Crippen molar-refractivity contribution in [3.63, 3.8) is 0 Å². The van der Waals surface area contributed by atoms with Crippen LogP contribution in [0.5, 0.6) is 0 Å². The molecule has 1 aromatic rings. The fourth-order valence-electron chi connectivity index (χ4n) is 3.64. The van der Waals surface area contributed by atoms with Crippen LogP contribution in [0.1, 0.15) is 31.2 Å². The topological polar surface area (TPSA) is 143 Å². The number of nitrogens with one attached hydrogen (secondary N) is 2. The number of guanidine groups is 1. The van der Waals surface area contributed by atoms with Gasteiger partial charge >= 0.3 is 0 Å². The SMILES string of the molecule is CN[C@H](Cc1ccccc1)C(=O)N1CCCC1C(=O)NC(C=O)CCCN=C(N)N. The molecule has 164 valence electrons. The van der Waals surface area contributed by atoms with E-state index in [9.17, 15) is 14.4 Å². The Kier molecular flexibility index (Phi) is 9.27. The second kappa shape index (κ2) is 11.9. The maximum absolute atomic E-state index is 13.1. The lowest BCUT2D eigenvalue weighted by molar-refractivity contribution is -0.140. The summed E-state index contributed by atoms with van der Waals surface area (Å²) >= 11 is 0. The average molecular weight is 417 g/mol. The molecule has 1 saturated heterocycles. The second-order valence-electron chi connectivity index (χ2n) is 7.42. The van der Waals surface area contributed by atoms with E-state index < -0.39 is 18.1 Å². The van der Waals surface area contributed by atoms with Crippen LogP contribution in [0, 0.1) is 0 Å². The van der Waals surface area contributed by atoms with E-state index in [1.54, 1.807) is 11.9 Å². The standard InChI is InChI=1S/C21H32N6O3/c1-24-17(13-15-7-3-2-4-8-15)20(30)27-12-6-10-18(27)19(29)26-16(14-28)9-5-11-25-21(22)23/h2-4,7-8,14,16-18,24H,5-6,9-13H2,1H3,(H,26,29)(H4,22,23,25)/t16?,17-,18?/m1/s1. The van der Waals surface area contributed by atoms with Gasteiger partial charge in [-0.3, -0.25) is 14.6 Å². The maximum atomic E-state index is 13.1. The van der Waals surface area contributed by atoms with Gasteiger partial charge in [-0.15, -0.1) is 0 Å². The number of rotatable bonds is 11. The van der Waals surface area contributed by atoms with Crippen molar-refractivity contribution in [1.29, 1.82) is 0 Å². The molecule has 1 heterocycles. The molecule has 0 radical (unpaired) electrons. The lowest BCUT2D eigenvalue weighted by atomic mass is 10.0. The molecule has 1 aromatic carbocycles. The van der Waals surface area contributed by atoms with E-state index in [2.05, 4.69) is 15.6 Å². The fourth-order valence-corrected chi connectivity index (χ4v) is 3.64. The molecule has 0 saturated carbocycles. The lowest BCUT2D eigenvalue weighted by Gasteiger charge is -2.29. The highest BCUT2D eigenvalue weighted by molar-refractivity contribution is 5.91. The maximum Gasteiger partial charge on any atom is 0.243 e. The van der Waals surface area contributed by atoms with Crippen LogP contribution in [-0.4, -0.2) is 67.2 Å². The molecule has 9 nitrogen and oxygen atoms in total. The van der Waals surface area contributed by atoms with Crippen molar-refractivity contribution in [2.45, 2.75) is 50.2 Å². The van der Waals surface area contributed by atoms with Crippen LogP contribution in [0.3, 0.4) is 0 Å². The summed E-state index contributed by atoms with van der Waals surface area (Å²) < 4.78 is 0. The number of carbonyl (C=O) groups excluding carboxylic acids is 3. The number of benzene rings is 1. The van der Waals surface area contributed by atoms with Crippen molar-refractivity contribution in [1.82, 2.24) is 15.5 Å². The zero-order valence-corrected chi connectivity index (χ0v) is 17.4. The molecule has 3 atom stereocenters. The smallest absolute Gasteiger partial charge is 0.243 e. The molecule has 6 N–H and O–H groups in total. The fraction of sp³-hybridized carbons (Fsp3) is 0.524. The number of likely N-dealkylation sites (tertiary alicyclic amines) is 1. The van der Waals surface area contributed by atoms with Gasteiger partial charge in [0.1, 0.15) is 12.3 Å². The van der Waals surface area contributed by atoms with Gasteiger partial charge in [-0.25, -0.2) is 0 Å². The normalized spacial score (nSPS) is 17.8. The minimum Gasteiger partial charge on any atom is -0.370 e. The first-order valence-corrected chi connectivity index (χ1v) is 10.3. The average Bonchev–Trinajstić information content (AvgIpc) is 3.24. The highest BCUT2D eigenvalue weighted by Crippen LogP contribution is 2.20. The van der Waals surface area contributed by atoms with Gasteiger partial charge in [0.25, 0.3) is 0 Å². The number of aldehydes is 1. The third-order valence-electron chi connectivity index (χ3n) is 5.23. The Labute approximate surface area is 177 Å².